The molecule has 3 atom stereocenters. The molecular formula is C35H32F2N4O2. The van der Waals surface area contributed by atoms with Gasteiger partial charge in [-0.05, 0) is 111 Å². The van der Waals surface area contributed by atoms with Gasteiger partial charge < -0.3 is 4.79 Å². The molecule has 4 aromatic rings. The van der Waals surface area contributed by atoms with Crippen molar-refractivity contribution < 1.29 is 18.4 Å². The van der Waals surface area contributed by atoms with E-state index in [0.29, 0.717) is 18.6 Å². The van der Waals surface area contributed by atoms with Crippen molar-refractivity contribution in [2.75, 3.05) is 0 Å². The number of benzene rings is 2. The van der Waals surface area contributed by atoms with Gasteiger partial charge in [-0.2, -0.15) is 10.2 Å². The quantitative estimate of drug-likeness (QED) is 0.249. The number of hydrogen-bond donors (Lipinski definition) is 0. The highest BCUT2D eigenvalue weighted by Gasteiger charge is 2.46. The largest absolute Gasteiger partial charge is 0.303 e. The molecule has 43 heavy (non-hydrogen) atoms. The molecule has 4 aliphatic carbocycles. The molecule has 0 bridgehead atoms. The van der Waals surface area contributed by atoms with E-state index in [0.717, 1.165) is 65.9 Å². The van der Waals surface area contributed by atoms with Gasteiger partial charge in [0, 0.05) is 17.8 Å². The van der Waals surface area contributed by atoms with E-state index in [2.05, 4.69) is 29.3 Å². The second-order valence-corrected chi connectivity index (χ2v) is 12.5. The molecule has 2 fully saturated rings. The maximum absolute atomic E-state index is 13.1. The average Bonchev–Trinajstić information content (AvgIpc) is 3.75. The van der Waals surface area contributed by atoms with Gasteiger partial charge in [-0.15, -0.1) is 0 Å². The summed E-state index contributed by atoms with van der Waals surface area (Å²) in [7, 11) is 0. The van der Waals surface area contributed by atoms with Crippen LogP contribution in [0, 0.1) is 28.4 Å². The zero-order chi connectivity index (χ0) is 29.9. The lowest BCUT2D eigenvalue weighted by molar-refractivity contribution is -0.124. The normalized spacial score (nSPS) is 25.0. The maximum Gasteiger partial charge on any atom is 0.143 e. The molecule has 8 heteroatoms. The number of fused-ring (bicyclic) bond motifs is 4. The monoisotopic (exact) mass is 578 g/mol. The molecule has 2 heterocycles. The van der Waals surface area contributed by atoms with E-state index in [4.69, 9.17) is 0 Å². The Bertz CT molecular complexity index is 1810. The van der Waals surface area contributed by atoms with Crippen LogP contribution in [0.4, 0.5) is 8.78 Å². The smallest absolute Gasteiger partial charge is 0.143 e. The third-order valence-electron chi connectivity index (χ3n) is 10.0. The van der Waals surface area contributed by atoms with Crippen LogP contribution in [0.15, 0.2) is 72.1 Å². The minimum absolute atomic E-state index is 0.0641. The molecule has 0 amide bonds. The van der Waals surface area contributed by atoms with Crippen LogP contribution in [0.2, 0.25) is 0 Å². The SMILES string of the molecule is C[C@]12Cc3cnn(-c4ccc(F)cc4)c3C=C1CCC2=O.C[C@]12Cc3cnn(-c4ccc(F)cc4)c3C=C1CC[C@@H]2C=O. The van der Waals surface area contributed by atoms with Crippen LogP contribution in [0.25, 0.3) is 23.5 Å². The van der Waals surface area contributed by atoms with E-state index in [9.17, 15) is 18.4 Å². The fourth-order valence-corrected chi connectivity index (χ4v) is 7.32. The first-order chi connectivity index (χ1) is 20.7. The van der Waals surface area contributed by atoms with Crippen LogP contribution in [0.3, 0.4) is 0 Å². The van der Waals surface area contributed by atoms with Gasteiger partial charge in [0.2, 0.25) is 0 Å². The number of aldehydes is 1. The summed E-state index contributed by atoms with van der Waals surface area (Å²) in [4.78, 5) is 23.5. The highest BCUT2D eigenvalue weighted by atomic mass is 19.1. The minimum atomic E-state index is -0.344. The number of carbonyl (C=O) groups is 2. The second kappa shape index (κ2) is 10.1. The number of ketones is 1. The summed E-state index contributed by atoms with van der Waals surface area (Å²) in [5.41, 5.74) is 8.13. The van der Waals surface area contributed by atoms with Crippen LogP contribution in [0.1, 0.15) is 62.0 Å². The predicted octanol–water partition coefficient (Wildman–Crippen LogP) is 6.89. The van der Waals surface area contributed by atoms with Crippen LogP contribution in [-0.2, 0) is 22.4 Å². The number of rotatable bonds is 3. The Hall–Kier alpha value is -4.46. The Labute approximate surface area is 248 Å². The topological polar surface area (TPSA) is 69.8 Å². The molecule has 0 aliphatic heterocycles. The Morgan fingerprint density at radius 2 is 1.30 bits per heavy atom. The Morgan fingerprint density at radius 3 is 1.86 bits per heavy atom. The fourth-order valence-electron chi connectivity index (χ4n) is 7.32. The predicted molar refractivity (Wildman–Crippen MR) is 160 cm³/mol. The maximum atomic E-state index is 13.1. The molecule has 2 aromatic carbocycles. The fraction of sp³-hybridized carbons (Fsp3) is 0.314. The molecule has 0 radical (unpaired) electrons. The highest BCUT2D eigenvalue weighted by molar-refractivity contribution is 5.94. The molecule has 8 rings (SSSR count). The van der Waals surface area contributed by atoms with Gasteiger partial charge in [-0.25, -0.2) is 18.1 Å². The summed E-state index contributed by atoms with van der Waals surface area (Å²) in [5.74, 6) is -0.0811. The number of allylic oxidation sites excluding steroid dienone is 2. The van der Waals surface area contributed by atoms with Gasteiger partial charge >= 0.3 is 0 Å². The standard InChI is InChI=1S/C18H17FN2O.C17H15FN2O/c1-18-9-12-10-20-21(16-6-4-15(19)5-7-16)17(12)8-13(18)2-3-14(18)11-22;1-17-9-11-10-19-20(14-5-3-13(18)4-6-14)15(11)8-12(17)2-7-16(17)21/h4-8,10-11,14H,2-3,9H2,1H3;3-6,8,10H,2,7,9H2,1H3/t14-,18+;17-/m10/s1. The van der Waals surface area contributed by atoms with Gasteiger partial charge in [0.05, 0.1) is 40.6 Å². The first-order valence-corrected chi connectivity index (χ1v) is 14.8. The second-order valence-electron chi connectivity index (χ2n) is 12.5. The molecule has 6 nitrogen and oxygen atoms in total. The lowest BCUT2D eigenvalue weighted by Crippen LogP contribution is -2.29. The number of aromatic nitrogens is 4. The zero-order valence-corrected chi connectivity index (χ0v) is 24.2. The van der Waals surface area contributed by atoms with Crippen LogP contribution < -0.4 is 0 Å². The van der Waals surface area contributed by atoms with Crippen molar-refractivity contribution in [3.63, 3.8) is 0 Å². The lowest BCUT2D eigenvalue weighted by atomic mass is 9.70. The zero-order valence-electron chi connectivity index (χ0n) is 24.2. The van der Waals surface area contributed by atoms with Crippen molar-refractivity contribution in [3.05, 3.63) is 106 Å². The van der Waals surface area contributed by atoms with E-state index in [-0.39, 0.29) is 28.4 Å². The van der Waals surface area contributed by atoms with Crippen molar-refractivity contribution in [1.29, 1.82) is 0 Å². The lowest BCUT2D eigenvalue weighted by Gasteiger charge is -2.33. The van der Waals surface area contributed by atoms with Gasteiger partial charge in [-0.1, -0.05) is 18.1 Å². The molecule has 0 saturated heterocycles. The minimum Gasteiger partial charge on any atom is -0.303 e. The van der Waals surface area contributed by atoms with Gasteiger partial charge in [0.25, 0.3) is 0 Å². The van der Waals surface area contributed by atoms with Crippen molar-refractivity contribution in [2.24, 2.45) is 16.7 Å². The van der Waals surface area contributed by atoms with Crippen LogP contribution in [-0.4, -0.2) is 31.6 Å². The summed E-state index contributed by atoms with van der Waals surface area (Å²) in [6.45, 7) is 4.22. The van der Waals surface area contributed by atoms with Crippen LogP contribution in [0.5, 0.6) is 0 Å². The number of nitrogens with zero attached hydrogens (tertiary/aromatic N) is 4. The van der Waals surface area contributed by atoms with Crippen molar-refractivity contribution in [3.8, 4) is 11.4 Å². The van der Waals surface area contributed by atoms with Gasteiger partial charge in [0.15, 0.2) is 0 Å². The molecule has 2 aromatic heterocycles. The first-order valence-electron chi connectivity index (χ1n) is 14.8. The van der Waals surface area contributed by atoms with E-state index in [1.807, 2.05) is 28.7 Å². The third kappa shape index (κ3) is 4.42. The van der Waals surface area contributed by atoms with Crippen molar-refractivity contribution >= 4 is 24.2 Å². The summed E-state index contributed by atoms with van der Waals surface area (Å²) in [6.07, 6.45) is 14.0. The summed E-state index contributed by atoms with van der Waals surface area (Å²) < 4.78 is 29.8. The Kier molecular flexibility index (Phi) is 6.41. The Balaban J connectivity index is 0.000000140. The molecule has 0 unspecified atom stereocenters. The van der Waals surface area contributed by atoms with E-state index < -0.39 is 0 Å². The van der Waals surface area contributed by atoms with Crippen molar-refractivity contribution in [2.45, 2.75) is 52.4 Å². The highest BCUT2D eigenvalue weighted by Crippen LogP contribution is 2.52. The van der Waals surface area contributed by atoms with Crippen molar-refractivity contribution in [1.82, 2.24) is 19.6 Å². The third-order valence-corrected chi connectivity index (χ3v) is 10.0. The van der Waals surface area contributed by atoms with Gasteiger partial charge in [-0.3, -0.25) is 4.79 Å². The average molecular weight is 579 g/mol. The van der Waals surface area contributed by atoms with Gasteiger partial charge in [0.1, 0.15) is 23.7 Å². The molecule has 4 aliphatic rings. The number of Topliss-reactive ketones (excluding diaryl/α,β-unsaturated/α-hetero) is 1. The summed E-state index contributed by atoms with van der Waals surface area (Å²) in [6, 6.07) is 12.7. The Morgan fingerprint density at radius 1 is 0.767 bits per heavy atom. The summed E-state index contributed by atoms with van der Waals surface area (Å²) >= 11 is 0. The number of carbonyl (C=O) groups excluding carboxylic acids is 2. The number of halogens is 2. The molecule has 2 saturated carbocycles. The molecule has 0 spiro atoms. The van der Waals surface area contributed by atoms with E-state index >= 15 is 0 Å². The number of hydrogen-bond acceptors (Lipinski definition) is 4. The first kappa shape index (κ1) is 27.4. The molecular weight excluding hydrogens is 546 g/mol. The van der Waals surface area contributed by atoms with Crippen LogP contribution >= 0.6 is 0 Å². The molecule has 218 valence electrons. The molecule has 0 N–H and O–H groups in total. The van der Waals surface area contributed by atoms with E-state index in [1.165, 1.54) is 35.4 Å². The summed E-state index contributed by atoms with van der Waals surface area (Å²) in [5, 5.41) is 8.89. The van der Waals surface area contributed by atoms with E-state index in [1.54, 1.807) is 24.3 Å².